The molecule has 1 unspecified atom stereocenters. The van der Waals surface area contributed by atoms with Gasteiger partial charge in [0.1, 0.15) is 0 Å². The number of hydrogen-bond donors (Lipinski definition) is 2. The Morgan fingerprint density at radius 3 is 2.41 bits per heavy atom. The highest BCUT2D eigenvalue weighted by molar-refractivity contribution is 5.75. The van der Waals surface area contributed by atoms with Crippen LogP contribution in [0.4, 0.5) is 13.2 Å². The Balaban J connectivity index is 3.36. The van der Waals surface area contributed by atoms with Crippen LogP contribution in [0.25, 0.3) is 0 Å². The van der Waals surface area contributed by atoms with Crippen LogP contribution < -0.4 is 0 Å². The Morgan fingerprint density at radius 2 is 2.00 bits per heavy atom. The van der Waals surface area contributed by atoms with E-state index in [2.05, 4.69) is 0 Å². The number of carboxylic acid groups (broad SMARTS) is 1. The van der Waals surface area contributed by atoms with Crippen molar-refractivity contribution >= 4 is 5.97 Å². The molecule has 0 saturated carbocycles. The number of rotatable bonds is 2. The summed E-state index contributed by atoms with van der Waals surface area (Å²) in [6.07, 6.45) is -6.83. The minimum Gasteiger partial charge on any atom is -0.479 e. The predicted octanol–water partition coefficient (Wildman–Crippen LogP) is 1.70. The molecule has 0 radical (unpaired) electrons. The molecule has 1 aromatic rings. The lowest BCUT2D eigenvalue weighted by Crippen LogP contribution is -2.14. The van der Waals surface area contributed by atoms with Gasteiger partial charge < -0.3 is 10.2 Å². The van der Waals surface area contributed by atoms with Crippen LogP contribution in [0.2, 0.25) is 0 Å². The molecule has 0 aromatic heterocycles. The zero-order valence-corrected chi connectivity index (χ0v) is 8.19. The van der Waals surface area contributed by atoms with Gasteiger partial charge in [-0.2, -0.15) is 18.4 Å². The maximum atomic E-state index is 12.4. The fourth-order valence-corrected chi connectivity index (χ4v) is 1.20. The number of carbonyl (C=O) groups is 1. The van der Waals surface area contributed by atoms with E-state index in [0.29, 0.717) is 12.1 Å². The van der Waals surface area contributed by atoms with Gasteiger partial charge in [-0.25, -0.2) is 4.79 Å². The standard InChI is InChI=1S/C10H6F3NO3/c11-10(12,13)6-2-1-5(4-14)7(3-6)8(15)9(16)17/h1-3,8,15H,(H,16,17). The first-order valence-corrected chi connectivity index (χ1v) is 4.29. The summed E-state index contributed by atoms with van der Waals surface area (Å²) in [4.78, 5) is 10.5. The molecule has 0 aliphatic rings. The van der Waals surface area contributed by atoms with Gasteiger partial charge in [0, 0.05) is 5.56 Å². The number of alkyl halides is 3. The molecule has 90 valence electrons. The van der Waals surface area contributed by atoms with Gasteiger partial charge in [-0.1, -0.05) is 0 Å². The number of hydrogen-bond acceptors (Lipinski definition) is 3. The highest BCUT2D eigenvalue weighted by Crippen LogP contribution is 2.32. The van der Waals surface area contributed by atoms with Gasteiger partial charge in [-0.05, 0) is 18.2 Å². The molecule has 1 atom stereocenters. The van der Waals surface area contributed by atoms with Gasteiger partial charge in [0.05, 0.1) is 17.2 Å². The molecular weight excluding hydrogens is 239 g/mol. The van der Waals surface area contributed by atoms with Crippen LogP contribution in [0, 0.1) is 11.3 Å². The Kier molecular flexibility index (Phi) is 3.39. The third-order valence-electron chi connectivity index (χ3n) is 2.03. The Bertz CT molecular complexity index is 491. The normalized spacial score (nSPS) is 12.9. The van der Waals surface area contributed by atoms with Crippen molar-refractivity contribution in [2.75, 3.05) is 0 Å². The number of nitriles is 1. The molecule has 4 nitrogen and oxygen atoms in total. The zero-order valence-electron chi connectivity index (χ0n) is 8.19. The molecule has 0 aliphatic carbocycles. The maximum Gasteiger partial charge on any atom is 0.416 e. The topological polar surface area (TPSA) is 81.3 Å². The van der Waals surface area contributed by atoms with Crippen molar-refractivity contribution < 1.29 is 28.2 Å². The van der Waals surface area contributed by atoms with Crippen LogP contribution in [0.15, 0.2) is 18.2 Å². The van der Waals surface area contributed by atoms with Crippen LogP contribution >= 0.6 is 0 Å². The SMILES string of the molecule is N#Cc1ccc(C(F)(F)F)cc1C(O)C(=O)O. The number of benzene rings is 1. The highest BCUT2D eigenvalue weighted by atomic mass is 19.4. The van der Waals surface area contributed by atoms with E-state index >= 15 is 0 Å². The molecule has 1 rings (SSSR count). The van der Waals surface area contributed by atoms with E-state index in [-0.39, 0.29) is 5.56 Å². The summed E-state index contributed by atoms with van der Waals surface area (Å²) in [5.41, 5.74) is -2.01. The van der Waals surface area contributed by atoms with E-state index in [1.165, 1.54) is 6.07 Å². The highest BCUT2D eigenvalue weighted by Gasteiger charge is 2.32. The second kappa shape index (κ2) is 4.43. The second-order valence-electron chi connectivity index (χ2n) is 3.15. The molecular formula is C10H6F3NO3. The molecule has 0 spiro atoms. The molecule has 17 heavy (non-hydrogen) atoms. The van der Waals surface area contributed by atoms with Crippen LogP contribution in [-0.4, -0.2) is 16.2 Å². The van der Waals surface area contributed by atoms with Gasteiger partial charge in [0.2, 0.25) is 0 Å². The summed E-state index contributed by atoms with van der Waals surface area (Å²) in [7, 11) is 0. The van der Waals surface area contributed by atoms with Crippen molar-refractivity contribution in [2.24, 2.45) is 0 Å². The predicted molar refractivity (Wildman–Crippen MR) is 48.8 cm³/mol. The molecule has 0 amide bonds. The summed E-state index contributed by atoms with van der Waals surface area (Å²) in [5.74, 6) is -1.72. The number of aliphatic hydroxyl groups excluding tert-OH is 1. The fourth-order valence-electron chi connectivity index (χ4n) is 1.20. The summed E-state index contributed by atoms with van der Waals surface area (Å²) in [6.45, 7) is 0. The van der Waals surface area contributed by atoms with Crippen LogP contribution in [0.5, 0.6) is 0 Å². The molecule has 2 N–H and O–H groups in total. The molecule has 0 aliphatic heterocycles. The summed E-state index contributed by atoms with van der Waals surface area (Å²) in [5, 5.41) is 26.3. The van der Waals surface area contributed by atoms with Gasteiger partial charge >= 0.3 is 12.1 Å². The summed E-state index contributed by atoms with van der Waals surface area (Å²) < 4.78 is 37.1. The molecule has 0 saturated heterocycles. The summed E-state index contributed by atoms with van der Waals surface area (Å²) >= 11 is 0. The number of aliphatic hydroxyl groups is 1. The number of halogens is 3. The molecule has 0 heterocycles. The van der Waals surface area contributed by atoms with Crippen molar-refractivity contribution in [1.29, 1.82) is 5.26 Å². The molecule has 0 fully saturated rings. The van der Waals surface area contributed by atoms with Crippen LogP contribution in [0.3, 0.4) is 0 Å². The third-order valence-corrected chi connectivity index (χ3v) is 2.03. The minimum atomic E-state index is -4.67. The lowest BCUT2D eigenvalue weighted by atomic mass is 10.00. The van der Waals surface area contributed by atoms with E-state index in [4.69, 9.17) is 10.4 Å². The quantitative estimate of drug-likeness (QED) is 0.830. The summed E-state index contributed by atoms with van der Waals surface area (Å²) in [6, 6.07) is 3.45. The minimum absolute atomic E-state index is 0.312. The van der Waals surface area contributed by atoms with E-state index in [1.54, 1.807) is 0 Å². The number of carboxylic acids is 1. The molecule has 0 bridgehead atoms. The average Bonchev–Trinajstić information content (AvgIpc) is 2.25. The van der Waals surface area contributed by atoms with Crippen molar-refractivity contribution in [3.8, 4) is 6.07 Å². The molecule has 1 aromatic carbocycles. The fraction of sp³-hybridized carbons (Fsp3) is 0.200. The van der Waals surface area contributed by atoms with Crippen LogP contribution in [-0.2, 0) is 11.0 Å². The van der Waals surface area contributed by atoms with Gasteiger partial charge in [-0.15, -0.1) is 0 Å². The van der Waals surface area contributed by atoms with Gasteiger partial charge in [-0.3, -0.25) is 0 Å². The lowest BCUT2D eigenvalue weighted by molar-refractivity contribution is -0.147. The van der Waals surface area contributed by atoms with Crippen molar-refractivity contribution in [1.82, 2.24) is 0 Å². The largest absolute Gasteiger partial charge is 0.479 e. The monoisotopic (exact) mass is 245 g/mol. The van der Waals surface area contributed by atoms with Crippen molar-refractivity contribution in [2.45, 2.75) is 12.3 Å². The Hall–Kier alpha value is -2.07. The second-order valence-corrected chi connectivity index (χ2v) is 3.15. The van der Waals surface area contributed by atoms with Gasteiger partial charge in [0.25, 0.3) is 0 Å². The van der Waals surface area contributed by atoms with E-state index < -0.39 is 29.4 Å². The number of nitrogens with zero attached hydrogens (tertiary/aromatic N) is 1. The Labute approximate surface area is 93.5 Å². The van der Waals surface area contributed by atoms with E-state index in [0.717, 1.165) is 6.07 Å². The van der Waals surface area contributed by atoms with E-state index in [1.807, 2.05) is 0 Å². The Morgan fingerprint density at radius 1 is 1.41 bits per heavy atom. The molecule has 7 heteroatoms. The van der Waals surface area contributed by atoms with Crippen molar-refractivity contribution in [3.63, 3.8) is 0 Å². The maximum absolute atomic E-state index is 12.4. The lowest BCUT2D eigenvalue weighted by Gasteiger charge is -2.12. The third kappa shape index (κ3) is 2.73. The first kappa shape index (κ1) is 13.0. The number of aliphatic carboxylic acids is 1. The zero-order chi connectivity index (χ0) is 13.2. The van der Waals surface area contributed by atoms with Crippen LogP contribution in [0.1, 0.15) is 22.8 Å². The van der Waals surface area contributed by atoms with Crippen molar-refractivity contribution in [3.05, 3.63) is 34.9 Å². The first-order chi connectivity index (χ1) is 7.77. The average molecular weight is 245 g/mol. The smallest absolute Gasteiger partial charge is 0.416 e. The van der Waals surface area contributed by atoms with Gasteiger partial charge in [0.15, 0.2) is 6.10 Å². The first-order valence-electron chi connectivity index (χ1n) is 4.29. The van der Waals surface area contributed by atoms with E-state index in [9.17, 15) is 23.1 Å².